The molecule has 28 heavy (non-hydrogen) atoms. The van der Waals surface area contributed by atoms with E-state index < -0.39 is 5.91 Å². The van der Waals surface area contributed by atoms with Crippen LogP contribution in [0, 0.1) is 6.92 Å². The minimum atomic E-state index is -0.532. The fourth-order valence-corrected chi connectivity index (χ4v) is 4.33. The average Bonchev–Trinajstić information content (AvgIpc) is 3.38. The van der Waals surface area contributed by atoms with Gasteiger partial charge in [0.15, 0.2) is 5.13 Å². The predicted molar refractivity (Wildman–Crippen MR) is 113 cm³/mol. The van der Waals surface area contributed by atoms with Crippen molar-refractivity contribution in [2.75, 3.05) is 5.32 Å². The summed E-state index contributed by atoms with van der Waals surface area (Å²) >= 11 is 4.92. The van der Waals surface area contributed by atoms with Crippen LogP contribution in [-0.4, -0.2) is 26.3 Å². The number of halogens is 1. The van der Waals surface area contributed by atoms with Crippen molar-refractivity contribution in [2.24, 2.45) is 5.73 Å². The van der Waals surface area contributed by atoms with Crippen LogP contribution < -0.4 is 11.1 Å². The summed E-state index contributed by atoms with van der Waals surface area (Å²) in [5.41, 5.74) is 8.95. The van der Waals surface area contributed by atoms with Gasteiger partial charge in [-0.25, -0.2) is 4.98 Å². The van der Waals surface area contributed by atoms with Crippen molar-refractivity contribution in [2.45, 2.75) is 13.5 Å². The normalized spacial score (nSPS) is 11.1. The minimum Gasteiger partial charge on any atom is -0.364 e. The van der Waals surface area contributed by atoms with E-state index in [2.05, 4.69) is 31.2 Å². The Hall–Kier alpha value is -2.91. The first kappa shape index (κ1) is 18.5. The van der Waals surface area contributed by atoms with Gasteiger partial charge in [-0.05, 0) is 35.0 Å². The average molecular weight is 458 g/mol. The van der Waals surface area contributed by atoms with Crippen molar-refractivity contribution in [1.82, 2.24) is 14.5 Å². The molecule has 0 saturated carbocycles. The van der Waals surface area contributed by atoms with E-state index in [1.54, 1.807) is 12.3 Å². The van der Waals surface area contributed by atoms with Gasteiger partial charge in [-0.1, -0.05) is 18.2 Å². The fraction of sp³-hybridized carbons (Fsp3) is 0.105. The molecule has 4 N–H and O–H groups in total. The number of benzene rings is 1. The predicted octanol–water partition coefficient (Wildman–Crippen LogP) is 3.90. The molecule has 0 atom stereocenters. The van der Waals surface area contributed by atoms with Crippen LogP contribution in [0.25, 0.3) is 22.2 Å². The van der Waals surface area contributed by atoms with Crippen LogP contribution in [0.5, 0.6) is 0 Å². The highest BCUT2D eigenvalue weighted by atomic mass is 79.9. The Balaban J connectivity index is 1.51. The monoisotopic (exact) mass is 457 g/mol. The van der Waals surface area contributed by atoms with Crippen LogP contribution in [0.2, 0.25) is 0 Å². The highest BCUT2D eigenvalue weighted by Gasteiger charge is 2.15. The summed E-state index contributed by atoms with van der Waals surface area (Å²) in [6, 6.07) is 9.57. The zero-order valence-electron chi connectivity index (χ0n) is 14.8. The van der Waals surface area contributed by atoms with E-state index in [-0.39, 0.29) is 12.5 Å². The number of hydrogen-bond donors (Lipinski definition) is 3. The van der Waals surface area contributed by atoms with Crippen molar-refractivity contribution in [1.29, 1.82) is 0 Å². The second-order valence-electron chi connectivity index (χ2n) is 6.26. The maximum absolute atomic E-state index is 12.6. The summed E-state index contributed by atoms with van der Waals surface area (Å²) in [7, 11) is 0. The highest BCUT2D eigenvalue weighted by Crippen LogP contribution is 2.30. The maximum Gasteiger partial charge on any atom is 0.265 e. The minimum absolute atomic E-state index is 0.163. The first-order valence-electron chi connectivity index (χ1n) is 8.41. The van der Waals surface area contributed by atoms with E-state index in [4.69, 9.17) is 5.73 Å². The number of H-pyrrole nitrogens is 1. The molecule has 4 rings (SSSR count). The molecule has 0 aliphatic carbocycles. The number of hydrogen-bond acceptors (Lipinski definition) is 4. The molecule has 3 aromatic heterocycles. The molecule has 0 aliphatic rings. The fourth-order valence-electron chi connectivity index (χ4n) is 3.04. The molecule has 0 fully saturated rings. The number of carbonyl (C=O) groups is 2. The molecule has 0 bridgehead atoms. The van der Waals surface area contributed by atoms with Crippen molar-refractivity contribution >= 4 is 55.1 Å². The quantitative estimate of drug-likeness (QED) is 0.422. The second-order valence-corrected chi connectivity index (χ2v) is 7.91. The van der Waals surface area contributed by atoms with Crippen LogP contribution in [0.4, 0.5) is 5.13 Å². The first-order chi connectivity index (χ1) is 13.4. The SMILES string of the molecule is Cc1c(Br)c2ccccc2n1CC(=O)Nc1nc(-c2c[nH]c(C(N)=O)c2)cs1. The number of nitrogens with zero attached hydrogens (tertiary/aromatic N) is 2. The molecule has 0 spiro atoms. The number of primary amides is 1. The van der Waals surface area contributed by atoms with Crippen LogP contribution >= 0.6 is 27.3 Å². The third-order valence-electron chi connectivity index (χ3n) is 4.45. The second kappa shape index (κ2) is 7.25. The topological polar surface area (TPSA) is 106 Å². The Labute approximate surface area is 172 Å². The van der Waals surface area contributed by atoms with E-state index in [9.17, 15) is 9.59 Å². The standard InChI is InChI=1S/C19H16BrN5O2S/c1-10-17(20)12-4-2-3-5-15(12)25(10)8-16(26)24-19-23-14(9-28-19)11-6-13(18(21)27)22-7-11/h2-7,9,22H,8H2,1H3,(H2,21,27)(H,23,24,26). The summed E-state index contributed by atoms with van der Waals surface area (Å²) in [6.45, 7) is 2.16. The molecule has 9 heteroatoms. The third-order valence-corrected chi connectivity index (χ3v) is 6.21. The number of aromatic amines is 1. The molecule has 142 valence electrons. The van der Waals surface area contributed by atoms with Crippen molar-refractivity contribution in [3.05, 3.63) is 57.8 Å². The smallest absolute Gasteiger partial charge is 0.265 e. The Morgan fingerprint density at radius 3 is 2.89 bits per heavy atom. The molecule has 0 aliphatic heterocycles. The molecular formula is C19H16BrN5O2S. The lowest BCUT2D eigenvalue weighted by Gasteiger charge is -2.07. The summed E-state index contributed by atoms with van der Waals surface area (Å²) in [6.07, 6.45) is 1.66. The van der Waals surface area contributed by atoms with E-state index in [1.165, 1.54) is 11.3 Å². The van der Waals surface area contributed by atoms with E-state index in [1.807, 2.05) is 41.1 Å². The molecule has 0 saturated heterocycles. The van der Waals surface area contributed by atoms with E-state index in [0.29, 0.717) is 16.5 Å². The lowest BCUT2D eigenvalue weighted by molar-refractivity contribution is -0.116. The number of carbonyl (C=O) groups excluding carboxylic acids is 2. The molecule has 0 unspecified atom stereocenters. The van der Waals surface area contributed by atoms with Gasteiger partial charge in [0.1, 0.15) is 12.2 Å². The van der Waals surface area contributed by atoms with Gasteiger partial charge in [0, 0.05) is 38.2 Å². The largest absolute Gasteiger partial charge is 0.364 e. The van der Waals surface area contributed by atoms with Gasteiger partial charge >= 0.3 is 0 Å². The first-order valence-corrected chi connectivity index (χ1v) is 10.1. The number of para-hydroxylation sites is 1. The zero-order chi connectivity index (χ0) is 19.8. The van der Waals surface area contributed by atoms with Crippen LogP contribution in [-0.2, 0) is 11.3 Å². The lowest BCUT2D eigenvalue weighted by atomic mass is 10.2. The summed E-state index contributed by atoms with van der Waals surface area (Å²) in [5.74, 6) is -0.695. The molecule has 0 radical (unpaired) electrons. The molecular weight excluding hydrogens is 442 g/mol. The van der Waals surface area contributed by atoms with Crippen LogP contribution in [0.3, 0.4) is 0 Å². The molecule has 4 aromatic rings. The third kappa shape index (κ3) is 3.34. The Morgan fingerprint density at radius 2 is 2.14 bits per heavy atom. The maximum atomic E-state index is 12.6. The number of aromatic nitrogens is 3. The van der Waals surface area contributed by atoms with Crippen molar-refractivity contribution in [3.63, 3.8) is 0 Å². The van der Waals surface area contributed by atoms with Crippen LogP contribution in [0.1, 0.15) is 16.2 Å². The van der Waals surface area contributed by atoms with Crippen molar-refractivity contribution in [3.8, 4) is 11.3 Å². The number of nitrogens with one attached hydrogen (secondary N) is 2. The molecule has 7 nitrogen and oxygen atoms in total. The number of rotatable bonds is 5. The summed E-state index contributed by atoms with van der Waals surface area (Å²) < 4.78 is 2.96. The summed E-state index contributed by atoms with van der Waals surface area (Å²) in [5, 5.41) is 6.22. The number of anilines is 1. The molecule has 3 heterocycles. The summed E-state index contributed by atoms with van der Waals surface area (Å²) in [4.78, 5) is 31.0. The van der Waals surface area contributed by atoms with E-state index >= 15 is 0 Å². The van der Waals surface area contributed by atoms with Crippen molar-refractivity contribution < 1.29 is 9.59 Å². The Kier molecular flexibility index (Phi) is 4.78. The number of nitrogens with two attached hydrogens (primary N) is 1. The van der Waals surface area contributed by atoms with Gasteiger partial charge in [-0.3, -0.25) is 9.59 Å². The van der Waals surface area contributed by atoms with Gasteiger partial charge in [0.2, 0.25) is 5.91 Å². The Bertz CT molecular complexity index is 1210. The van der Waals surface area contributed by atoms with Gasteiger partial charge in [-0.15, -0.1) is 11.3 Å². The number of fused-ring (bicyclic) bond motifs is 1. The lowest BCUT2D eigenvalue weighted by Crippen LogP contribution is -2.19. The number of thiazole rings is 1. The number of amides is 2. The zero-order valence-corrected chi connectivity index (χ0v) is 17.2. The van der Waals surface area contributed by atoms with Crippen LogP contribution in [0.15, 0.2) is 46.4 Å². The van der Waals surface area contributed by atoms with Gasteiger partial charge in [0.25, 0.3) is 5.91 Å². The Morgan fingerprint density at radius 1 is 1.36 bits per heavy atom. The molecule has 1 aromatic carbocycles. The van der Waals surface area contributed by atoms with E-state index in [0.717, 1.165) is 26.6 Å². The van der Waals surface area contributed by atoms with Gasteiger partial charge in [-0.2, -0.15) is 0 Å². The molecule has 2 amide bonds. The van der Waals surface area contributed by atoms with Gasteiger partial charge in [0.05, 0.1) is 5.69 Å². The van der Waals surface area contributed by atoms with Gasteiger partial charge < -0.3 is 20.6 Å². The highest BCUT2D eigenvalue weighted by molar-refractivity contribution is 9.10.